The molecule has 0 atom stereocenters. The van der Waals surface area contributed by atoms with Gasteiger partial charge in [0.05, 0.1) is 0 Å². The molecule has 5 heteroatoms. The van der Waals surface area contributed by atoms with Crippen molar-refractivity contribution in [1.82, 2.24) is 14.6 Å². The maximum absolute atomic E-state index is 13.4. The van der Waals surface area contributed by atoms with Crippen LogP contribution in [0.3, 0.4) is 0 Å². The second kappa shape index (κ2) is 4.05. The van der Waals surface area contributed by atoms with Gasteiger partial charge in [-0.25, -0.2) is 13.9 Å². The van der Waals surface area contributed by atoms with E-state index in [4.69, 9.17) is 0 Å². The summed E-state index contributed by atoms with van der Waals surface area (Å²) in [6.07, 6.45) is 0. The molecular formula is C14H12FN3O. The second-order valence-corrected chi connectivity index (χ2v) is 4.52. The van der Waals surface area contributed by atoms with E-state index >= 15 is 0 Å². The van der Waals surface area contributed by atoms with Crippen LogP contribution in [-0.2, 0) is 0 Å². The van der Waals surface area contributed by atoms with Crippen molar-refractivity contribution >= 4 is 5.65 Å². The normalized spacial score (nSPS) is 11.1. The number of hydrogen-bond acceptors (Lipinski definition) is 2. The smallest absolute Gasteiger partial charge is 0.272 e. The number of fused-ring (bicyclic) bond motifs is 1. The molecule has 0 saturated carbocycles. The number of aryl methyl sites for hydroxylation is 2. The number of nitrogens with zero attached hydrogens (tertiary/aromatic N) is 2. The van der Waals surface area contributed by atoms with Gasteiger partial charge in [0, 0.05) is 23.0 Å². The standard InChI is InChI=1S/C14H12FN3O/c1-8-6-12(19)18-14(16-8)13(9(2)17-18)10-4-3-5-11(15)7-10/h3-7,17H,1-2H3. The topological polar surface area (TPSA) is 50.2 Å². The monoisotopic (exact) mass is 257 g/mol. The van der Waals surface area contributed by atoms with Gasteiger partial charge >= 0.3 is 0 Å². The Kier molecular flexibility index (Phi) is 2.48. The average Bonchev–Trinajstić information content (AvgIpc) is 2.66. The summed E-state index contributed by atoms with van der Waals surface area (Å²) in [6.45, 7) is 3.60. The number of H-pyrrole nitrogens is 1. The number of rotatable bonds is 1. The zero-order valence-electron chi connectivity index (χ0n) is 10.6. The van der Waals surface area contributed by atoms with Gasteiger partial charge in [-0.05, 0) is 31.5 Å². The molecule has 3 rings (SSSR count). The lowest BCUT2D eigenvalue weighted by molar-refractivity contribution is 0.628. The van der Waals surface area contributed by atoms with Gasteiger partial charge in [-0.1, -0.05) is 12.1 Å². The van der Waals surface area contributed by atoms with Crippen LogP contribution in [0.4, 0.5) is 4.39 Å². The van der Waals surface area contributed by atoms with Gasteiger partial charge in [0.1, 0.15) is 5.82 Å². The molecular weight excluding hydrogens is 245 g/mol. The first kappa shape index (κ1) is 11.6. The summed E-state index contributed by atoms with van der Waals surface area (Å²) in [4.78, 5) is 16.3. The third-order valence-corrected chi connectivity index (χ3v) is 3.04. The number of nitrogens with one attached hydrogen (secondary N) is 1. The largest absolute Gasteiger partial charge is 0.293 e. The van der Waals surface area contributed by atoms with Gasteiger partial charge in [-0.2, -0.15) is 0 Å². The van der Waals surface area contributed by atoms with Gasteiger partial charge in [-0.3, -0.25) is 9.89 Å². The van der Waals surface area contributed by atoms with Gasteiger partial charge in [0.25, 0.3) is 5.56 Å². The minimum Gasteiger partial charge on any atom is -0.293 e. The Morgan fingerprint density at radius 2 is 2.05 bits per heavy atom. The van der Waals surface area contributed by atoms with Gasteiger partial charge in [0.15, 0.2) is 5.65 Å². The lowest BCUT2D eigenvalue weighted by Gasteiger charge is -2.01. The molecule has 96 valence electrons. The Morgan fingerprint density at radius 1 is 1.26 bits per heavy atom. The van der Waals surface area contributed by atoms with Crippen molar-refractivity contribution in [2.24, 2.45) is 0 Å². The highest BCUT2D eigenvalue weighted by Gasteiger charge is 2.14. The molecule has 0 saturated heterocycles. The molecule has 2 heterocycles. The molecule has 3 aromatic rings. The molecule has 0 aliphatic heterocycles. The number of halogens is 1. The maximum atomic E-state index is 13.4. The number of hydrogen-bond donors (Lipinski definition) is 1. The van der Waals surface area contributed by atoms with Crippen molar-refractivity contribution < 1.29 is 4.39 Å². The van der Waals surface area contributed by atoms with E-state index in [1.165, 1.54) is 22.7 Å². The Morgan fingerprint density at radius 3 is 2.79 bits per heavy atom. The Bertz CT molecular complexity index is 832. The van der Waals surface area contributed by atoms with Crippen molar-refractivity contribution in [2.75, 3.05) is 0 Å². The molecule has 4 nitrogen and oxygen atoms in total. The molecule has 0 fully saturated rings. The third-order valence-electron chi connectivity index (χ3n) is 3.04. The fourth-order valence-corrected chi connectivity index (χ4v) is 2.25. The quantitative estimate of drug-likeness (QED) is 0.728. The fourth-order valence-electron chi connectivity index (χ4n) is 2.25. The summed E-state index contributed by atoms with van der Waals surface area (Å²) in [5, 5.41) is 2.96. The Labute approximate surface area is 108 Å². The summed E-state index contributed by atoms with van der Waals surface area (Å²) >= 11 is 0. The van der Waals surface area contributed by atoms with Gasteiger partial charge < -0.3 is 0 Å². The highest BCUT2D eigenvalue weighted by atomic mass is 19.1. The van der Waals surface area contributed by atoms with E-state index in [-0.39, 0.29) is 11.4 Å². The molecule has 0 unspecified atom stereocenters. The lowest BCUT2D eigenvalue weighted by Crippen LogP contribution is -2.14. The number of benzene rings is 1. The van der Waals surface area contributed by atoms with Crippen molar-refractivity contribution in [1.29, 1.82) is 0 Å². The van der Waals surface area contributed by atoms with Crippen LogP contribution in [0, 0.1) is 19.7 Å². The number of aromatic amines is 1. The molecule has 0 aliphatic rings. The zero-order valence-corrected chi connectivity index (χ0v) is 10.6. The van der Waals surface area contributed by atoms with E-state index < -0.39 is 0 Å². The first-order chi connectivity index (χ1) is 9.06. The van der Waals surface area contributed by atoms with E-state index in [2.05, 4.69) is 10.1 Å². The highest BCUT2D eigenvalue weighted by Crippen LogP contribution is 2.26. The maximum Gasteiger partial charge on any atom is 0.272 e. The van der Waals surface area contributed by atoms with Crippen molar-refractivity contribution in [2.45, 2.75) is 13.8 Å². The van der Waals surface area contributed by atoms with Gasteiger partial charge in [0.2, 0.25) is 0 Å². The summed E-state index contributed by atoms with van der Waals surface area (Å²) in [5.74, 6) is -0.314. The third kappa shape index (κ3) is 1.83. The highest BCUT2D eigenvalue weighted by molar-refractivity contribution is 5.79. The van der Waals surface area contributed by atoms with Crippen LogP contribution >= 0.6 is 0 Å². The lowest BCUT2D eigenvalue weighted by atomic mass is 10.1. The van der Waals surface area contributed by atoms with Crippen LogP contribution in [0.25, 0.3) is 16.8 Å². The molecule has 0 spiro atoms. The molecule has 0 aliphatic carbocycles. The minimum atomic E-state index is -0.314. The van der Waals surface area contributed by atoms with E-state index in [1.54, 1.807) is 19.1 Å². The first-order valence-corrected chi connectivity index (χ1v) is 5.91. The minimum absolute atomic E-state index is 0.173. The van der Waals surface area contributed by atoms with Crippen LogP contribution in [0.5, 0.6) is 0 Å². The van der Waals surface area contributed by atoms with Crippen molar-refractivity contribution in [3.8, 4) is 11.1 Å². The Hall–Kier alpha value is -2.43. The molecule has 2 aromatic heterocycles. The van der Waals surface area contributed by atoms with Gasteiger partial charge in [-0.15, -0.1) is 0 Å². The molecule has 0 amide bonds. The van der Waals surface area contributed by atoms with E-state index in [0.717, 1.165) is 11.3 Å². The summed E-state index contributed by atoms with van der Waals surface area (Å²) in [6, 6.07) is 7.72. The predicted octanol–water partition coefficient (Wildman–Crippen LogP) is 2.45. The predicted molar refractivity (Wildman–Crippen MR) is 70.7 cm³/mol. The molecule has 19 heavy (non-hydrogen) atoms. The molecule has 1 aromatic carbocycles. The zero-order chi connectivity index (χ0) is 13.6. The number of aromatic nitrogens is 3. The summed E-state index contributed by atoms with van der Waals surface area (Å²) in [5.41, 5.74) is 3.22. The van der Waals surface area contributed by atoms with E-state index in [1.807, 2.05) is 6.92 Å². The van der Waals surface area contributed by atoms with E-state index in [9.17, 15) is 9.18 Å². The second-order valence-electron chi connectivity index (χ2n) is 4.52. The van der Waals surface area contributed by atoms with Crippen LogP contribution in [0.15, 0.2) is 35.1 Å². The molecule has 1 N–H and O–H groups in total. The van der Waals surface area contributed by atoms with Crippen LogP contribution in [0.2, 0.25) is 0 Å². The molecule has 0 bridgehead atoms. The molecule has 0 radical (unpaired) electrons. The van der Waals surface area contributed by atoms with Crippen molar-refractivity contribution in [3.05, 3.63) is 57.9 Å². The van der Waals surface area contributed by atoms with Crippen molar-refractivity contribution in [3.63, 3.8) is 0 Å². The summed E-state index contributed by atoms with van der Waals surface area (Å²) < 4.78 is 14.7. The van der Waals surface area contributed by atoms with Crippen LogP contribution < -0.4 is 5.56 Å². The van der Waals surface area contributed by atoms with E-state index in [0.29, 0.717) is 16.9 Å². The summed E-state index contributed by atoms with van der Waals surface area (Å²) in [7, 11) is 0. The van der Waals surface area contributed by atoms with Crippen LogP contribution in [0.1, 0.15) is 11.4 Å². The average molecular weight is 257 g/mol. The Balaban J connectivity index is 2.41. The van der Waals surface area contributed by atoms with Crippen LogP contribution in [-0.4, -0.2) is 14.6 Å². The SMILES string of the molecule is Cc1cc(=O)n2[nH]c(C)c(-c3cccc(F)c3)c2n1. The first-order valence-electron chi connectivity index (χ1n) is 5.91. The fraction of sp³-hybridized carbons (Fsp3) is 0.143.